The fourth-order valence-electron chi connectivity index (χ4n) is 2.06. The minimum atomic E-state index is -2.00. The van der Waals surface area contributed by atoms with Gasteiger partial charge in [0.15, 0.2) is 0 Å². The number of hydrogen-bond donors (Lipinski definition) is 1. The summed E-state index contributed by atoms with van der Waals surface area (Å²) in [4.78, 5) is 16.3. The molecule has 0 unspecified atom stereocenters. The molecule has 0 radical (unpaired) electrons. The second-order valence-corrected chi connectivity index (χ2v) is 8.65. The minimum Gasteiger partial charge on any atom is -0.322 e. The van der Waals surface area contributed by atoms with Crippen molar-refractivity contribution in [3.8, 4) is 21.8 Å². The normalized spacial score (nSPS) is 11.4. The van der Waals surface area contributed by atoms with E-state index in [-0.39, 0.29) is 0 Å². The third kappa shape index (κ3) is 4.66. The molecular weight excluding hydrogens is 422 g/mol. The lowest BCUT2D eigenvalue weighted by atomic mass is 10.1. The van der Waals surface area contributed by atoms with Gasteiger partial charge in [0.2, 0.25) is 0 Å². The smallest absolute Gasteiger partial charge is 0.276 e. The molecule has 0 aliphatic rings. The average molecular weight is 432 g/mol. The first-order valence-electron chi connectivity index (χ1n) is 7.03. The molecule has 0 fully saturated rings. The molecule has 0 spiro atoms. The Morgan fingerprint density at radius 1 is 0.960 bits per heavy atom. The number of halogens is 4. The summed E-state index contributed by atoms with van der Waals surface area (Å²) >= 11 is 24.1. The molecule has 0 bridgehead atoms. The predicted octanol–water partition coefficient (Wildman–Crippen LogP) is 6.44. The number of carbonyl (C=O) groups excluding carboxylic acids is 1. The molecule has 0 aliphatic carbocycles. The molecule has 0 saturated carbocycles. The molecule has 1 heterocycles. The van der Waals surface area contributed by atoms with Crippen molar-refractivity contribution >= 4 is 69.3 Å². The first-order valence-corrected chi connectivity index (χ1v) is 9.42. The summed E-state index contributed by atoms with van der Waals surface area (Å²) in [5.74, 6) is -0.705. The van der Waals surface area contributed by atoms with Gasteiger partial charge in [-0.05, 0) is 24.3 Å². The monoisotopic (exact) mass is 430 g/mol. The van der Waals surface area contributed by atoms with Crippen molar-refractivity contribution in [2.45, 2.75) is 3.79 Å². The number of benzene rings is 2. The van der Waals surface area contributed by atoms with Gasteiger partial charge in [-0.1, -0.05) is 70.7 Å². The molecule has 128 valence electrons. The van der Waals surface area contributed by atoms with E-state index >= 15 is 0 Å². The molecule has 3 nitrogen and oxygen atoms in total. The van der Waals surface area contributed by atoms with Crippen LogP contribution < -0.4 is 5.32 Å². The fourth-order valence-corrected chi connectivity index (χ4v) is 3.16. The molecule has 3 aromatic rings. The topological polar surface area (TPSA) is 42.0 Å². The van der Waals surface area contributed by atoms with Crippen molar-refractivity contribution in [3.05, 3.63) is 58.9 Å². The van der Waals surface area contributed by atoms with Gasteiger partial charge in [0.1, 0.15) is 5.01 Å². The molecule has 3 rings (SSSR count). The second kappa shape index (κ2) is 7.52. The zero-order valence-electron chi connectivity index (χ0n) is 12.5. The number of aromatic nitrogens is 1. The van der Waals surface area contributed by atoms with Gasteiger partial charge in [-0.2, -0.15) is 0 Å². The van der Waals surface area contributed by atoms with Gasteiger partial charge in [-0.25, -0.2) is 4.98 Å². The fraction of sp³-hybridized carbons (Fsp3) is 0.0588. The van der Waals surface area contributed by atoms with E-state index in [0.717, 1.165) is 21.8 Å². The van der Waals surface area contributed by atoms with E-state index in [1.807, 2.05) is 41.8 Å². The Kier molecular flexibility index (Phi) is 5.56. The number of alkyl halides is 3. The summed E-state index contributed by atoms with van der Waals surface area (Å²) in [7, 11) is 0. The maximum Gasteiger partial charge on any atom is 0.276 e. The highest BCUT2D eigenvalue weighted by Crippen LogP contribution is 2.31. The van der Waals surface area contributed by atoms with E-state index in [9.17, 15) is 4.79 Å². The summed E-state index contributed by atoms with van der Waals surface area (Å²) in [6.45, 7) is 0. The zero-order valence-corrected chi connectivity index (χ0v) is 16.3. The Bertz CT molecular complexity index is 886. The lowest BCUT2D eigenvalue weighted by Gasteiger charge is -2.11. The van der Waals surface area contributed by atoms with Crippen LogP contribution >= 0.6 is 57.7 Å². The van der Waals surface area contributed by atoms with Gasteiger partial charge in [0.25, 0.3) is 9.70 Å². The molecular formula is C17H10Cl4N2OS. The number of thiazole rings is 1. The van der Waals surface area contributed by atoms with Crippen LogP contribution in [0.25, 0.3) is 21.8 Å². The Labute approximate surface area is 168 Å². The lowest BCUT2D eigenvalue weighted by molar-refractivity contribution is -0.115. The summed E-state index contributed by atoms with van der Waals surface area (Å²) in [6.07, 6.45) is 0. The highest BCUT2D eigenvalue weighted by atomic mass is 35.6. The third-order valence-electron chi connectivity index (χ3n) is 3.29. The van der Waals surface area contributed by atoms with Crippen LogP contribution in [0.3, 0.4) is 0 Å². The molecule has 1 aromatic heterocycles. The summed E-state index contributed by atoms with van der Waals surface area (Å²) in [6, 6.07) is 14.7. The number of carbonyl (C=O) groups is 1. The van der Waals surface area contributed by atoms with E-state index in [2.05, 4.69) is 10.3 Å². The van der Waals surface area contributed by atoms with Gasteiger partial charge < -0.3 is 5.32 Å². The highest BCUT2D eigenvalue weighted by Gasteiger charge is 2.30. The van der Waals surface area contributed by atoms with E-state index in [4.69, 9.17) is 46.4 Å². The van der Waals surface area contributed by atoms with Crippen molar-refractivity contribution in [2.24, 2.45) is 0 Å². The quantitative estimate of drug-likeness (QED) is 0.484. The number of anilines is 1. The van der Waals surface area contributed by atoms with Crippen LogP contribution in [0.4, 0.5) is 5.69 Å². The van der Waals surface area contributed by atoms with Crippen molar-refractivity contribution in [1.29, 1.82) is 0 Å². The van der Waals surface area contributed by atoms with Crippen LogP contribution in [0.5, 0.6) is 0 Å². The lowest BCUT2D eigenvalue weighted by Crippen LogP contribution is -2.26. The van der Waals surface area contributed by atoms with Gasteiger partial charge in [-0.15, -0.1) is 11.3 Å². The van der Waals surface area contributed by atoms with E-state index in [1.165, 1.54) is 0 Å². The zero-order chi connectivity index (χ0) is 18.0. The van der Waals surface area contributed by atoms with Crippen LogP contribution in [0.2, 0.25) is 5.02 Å². The first kappa shape index (κ1) is 18.5. The van der Waals surface area contributed by atoms with Crippen LogP contribution in [0.1, 0.15) is 0 Å². The Morgan fingerprint density at radius 3 is 2.16 bits per heavy atom. The second-order valence-electron chi connectivity index (χ2n) is 5.07. The number of nitrogens with zero attached hydrogens (tertiary/aromatic N) is 1. The van der Waals surface area contributed by atoms with Crippen molar-refractivity contribution in [2.75, 3.05) is 5.32 Å². The maximum atomic E-state index is 11.6. The molecule has 1 amide bonds. The van der Waals surface area contributed by atoms with Crippen LogP contribution in [-0.2, 0) is 4.79 Å². The summed E-state index contributed by atoms with van der Waals surface area (Å²) in [5.41, 5.74) is 3.30. The number of nitrogens with one attached hydrogen (secondary N) is 1. The Morgan fingerprint density at radius 2 is 1.56 bits per heavy atom. The van der Waals surface area contributed by atoms with Crippen LogP contribution in [0.15, 0.2) is 53.9 Å². The Balaban J connectivity index is 1.77. The predicted molar refractivity (Wildman–Crippen MR) is 107 cm³/mol. The van der Waals surface area contributed by atoms with Gasteiger partial charge in [0.05, 0.1) is 5.69 Å². The molecule has 0 atom stereocenters. The summed E-state index contributed by atoms with van der Waals surface area (Å²) in [5, 5.41) is 6.09. The van der Waals surface area contributed by atoms with E-state index < -0.39 is 9.70 Å². The molecule has 1 N–H and O–H groups in total. The van der Waals surface area contributed by atoms with Gasteiger partial charge in [-0.3, -0.25) is 4.79 Å². The molecule has 0 saturated heterocycles. The minimum absolute atomic E-state index is 0.535. The molecule has 8 heteroatoms. The molecule has 2 aromatic carbocycles. The largest absolute Gasteiger partial charge is 0.322 e. The SMILES string of the molecule is O=C(Nc1ccc(-c2csc(-c3ccc(Cl)cc3)n2)cc1)C(Cl)(Cl)Cl. The highest BCUT2D eigenvalue weighted by molar-refractivity contribution is 7.13. The van der Waals surface area contributed by atoms with Crippen molar-refractivity contribution in [1.82, 2.24) is 4.98 Å². The van der Waals surface area contributed by atoms with E-state index in [1.54, 1.807) is 23.5 Å². The average Bonchev–Trinajstić information content (AvgIpc) is 3.05. The van der Waals surface area contributed by atoms with Crippen LogP contribution in [0, 0.1) is 0 Å². The summed E-state index contributed by atoms with van der Waals surface area (Å²) < 4.78 is -2.00. The maximum absolute atomic E-state index is 11.6. The van der Waals surface area contributed by atoms with Gasteiger partial charge >= 0.3 is 0 Å². The number of hydrogen-bond acceptors (Lipinski definition) is 3. The third-order valence-corrected chi connectivity index (χ3v) is 4.95. The Hall–Kier alpha value is -1.30. The molecule has 0 aliphatic heterocycles. The molecule has 25 heavy (non-hydrogen) atoms. The standard InChI is InChI=1S/C17H10Cl4N2OS/c18-12-5-1-11(2-6-12)15-23-14(9-25-15)10-3-7-13(8-4-10)22-16(24)17(19,20)21/h1-9H,(H,22,24). The van der Waals surface area contributed by atoms with Gasteiger partial charge in [0, 0.05) is 27.2 Å². The number of amides is 1. The van der Waals surface area contributed by atoms with Crippen molar-refractivity contribution < 1.29 is 4.79 Å². The number of rotatable bonds is 3. The van der Waals surface area contributed by atoms with E-state index in [0.29, 0.717) is 10.7 Å². The van der Waals surface area contributed by atoms with Crippen molar-refractivity contribution in [3.63, 3.8) is 0 Å². The first-order chi connectivity index (χ1) is 11.8. The van der Waals surface area contributed by atoms with Crippen LogP contribution in [-0.4, -0.2) is 14.7 Å².